The quantitative estimate of drug-likeness (QED) is 0.314. The number of halogens is 1. The van der Waals surface area contributed by atoms with Crippen molar-refractivity contribution in [1.82, 2.24) is 0 Å². The van der Waals surface area contributed by atoms with E-state index in [-0.39, 0.29) is 6.42 Å². The number of nitro groups is 2. The predicted octanol–water partition coefficient (Wildman–Crippen LogP) is 4.10. The molecule has 152 valence electrons. The van der Waals surface area contributed by atoms with Crippen LogP contribution in [0.15, 0.2) is 65.1 Å². The molecule has 0 amide bonds. The molecular weight excluding hydrogens is 444 g/mol. The van der Waals surface area contributed by atoms with Crippen LogP contribution >= 0.6 is 15.9 Å². The van der Waals surface area contributed by atoms with Gasteiger partial charge >= 0.3 is 11.5 Å². The van der Waals surface area contributed by atoms with Gasteiger partial charge in [0.25, 0.3) is 0 Å². The molecule has 29 heavy (non-hydrogen) atoms. The average molecular weight is 463 g/mol. The summed E-state index contributed by atoms with van der Waals surface area (Å²) in [5.74, 6) is -2.44. The first-order chi connectivity index (χ1) is 13.8. The molecule has 2 atom stereocenters. The lowest BCUT2D eigenvalue weighted by atomic mass is 9.77. The highest BCUT2D eigenvalue weighted by Crippen LogP contribution is 2.36. The van der Waals surface area contributed by atoms with Crippen LogP contribution < -0.4 is 0 Å². The molecule has 2 rings (SSSR count). The van der Waals surface area contributed by atoms with E-state index in [2.05, 4.69) is 15.9 Å². The molecule has 0 aromatic heterocycles. The lowest BCUT2D eigenvalue weighted by Crippen LogP contribution is -2.53. The minimum Gasteiger partial charge on any atom is -0.464 e. The van der Waals surface area contributed by atoms with E-state index in [4.69, 9.17) is 4.74 Å². The Hall–Kier alpha value is -3.07. The monoisotopic (exact) mass is 462 g/mol. The fraction of sp³-hybridized carbons (Fsp3) is 0.250. The summed E-state index contributed by atoms with van der Waals surface area (Å²) < 4.78 is 5.61. The second-order valence-corrected chi connectivity index (χ2v) is 7.23. The standard InChI is InChI=1S/C20H19BrN2O6/c1-29-19(24)20(23(27)28,13-5-6-15-9-11-17(21)12-10-15)18(14-22(25)26)16-7-3-2-4-8-16/h2-12,18H,13-14H2,1H3/b6-5+/t18-,20+/m1/s1. The van der Waals surface area contributed by atoms with Gasteiger partial charge in [0.15, 0.2) is 0 Å². The van der Waals surface area contributed by atoms with E-state index in [0.717, 1.165) is 17.1 Å². The van der Waals surface area contributed by atoms with Crippen LogP contribution in [0.3, 0.4) is 0 Å². The maximum atomic E-state index is 12.6. The maximum absolute atomic E-state index is 12.6. The van der Waals surface area contributed by atoms with Gasteiger partial charge in [-0.25, -0.2) is 4.79 Å². The molecule has 0 aliphatic carbocycles. The summed E-state index contributed by atoms with van der Waals surface area (Å²) >= 11 is 3.32. The van der Waals surface area contributed by atoms with Crippen LogP contribution in [0.4, 0.5) is 0 Å². The number of methoxy groups -OCH3 is 1. The second kappa shape index (κ2) is 9.92. The van der Waals surface area contributed by atoms with Crippen LogP contribution in [0.1, 0.15) is 23.5 Å². The van der Waals surface area contributed by atoms with E-state index in [1.165, 1.54) is 18.2 Å². The highest BCUT2D eigenvalue weighted by Gasteiger charge is 2.60. The predicted molar refractivity (Wildman–Crippen MR) is 111 cm³/mol. The summed E-state index contributed by atoms with van der Waals surface area (Å²) in [6.07, 6.45) is 2.73. The Balaban J connectivity index is 2.52. The fourth-order valence-corrected chi connectivity index (χ4v) is 3.40. The highest BCUT2D eigenvalue weighted by molar-refractivity contribution is 9.10. The van der Waals surface area contributed by atoms with Crippen molar-refractivity contribution in [3.8, 4) is 0 Å². The molecule has 0 aliphatic rings. The molecule has 0 saturated carbocycles. The summed E-state index contributed by atoms with van der Waals surface area (Å²) in [6.45, 7) is -0.785. The number of rotatable bonds is 9. The molecule has 2 aromatic rings. The van der Waals surface area contributed by atoms with Gasteiger partial charge in [-0.05, 0) is 23.3 Å². The topological polar surface area (TPSA) is 113 Å². The van der Waals surface area contributed by atoms with Crippen molar-refractivity contribution in [2.24, 2.45) is 0 Å². The van der Waals surface area contributed by atoms with Gasteiger partial charge in [0.1, 0.15) is 5.92 Å². The lowest BCUT2D eigenvalue weighted by Gasteiger charge is -2.28. The van der Waals surface area contributed by atoms with Crippen LogP contribution in [0.2, 0.25) is 0 Å². The Bertz CT molecular complexity index is 901. The first-order valence-electron chi connectivity index (χ1n) is 8.63. The van der Waals surface area contributed by atoms with Crippen LogP contribution in [0.25, 0.3) is 6.08 Å². The number of carbonyl (C=O) groups is 1. The highest BCUT2D eigenvalue weighted by atomic mass is 79.9. The number of esters is 1. The minimum absolute atomic E-state index is 0.323. The maximum Gasteiger partial charge on any atom is 0.385 e. The Labute approximate surface area is 175 Å². The van der Waals surface area contributed by atoms with Gasteiger partial charge in [-0.2, -0.15) is 0 Å². The van der Waals surface area contributed by atoms with Crippen molar-refractivity contribution in [3.63, 3.8) is 0 Å². The van der Waals surface area contributed by atoms with Crippen molar-refractivity contribution in [2.45, 2.75) is 17.9 Å². The first-order valence-corrected chi connectivity index (χ1v) is 9.42. The van der Waals surface area contributed by atoms with E-state index >= 15 is 0 Å². The van der Waals surface area contributed by atoms with Crippen molar-refractivity contribution < 1.29 is 19.4 Å². The van der Waals surface area contributed by atoms with Gasteiger partial charge < -0.3 is 4.74 Å². The van der Waals surface area contributed by atoms with Crippen molar-refractivity contribution >= 4 is 28.0 Å². The van der Waals surface area contributed by atoms with Gasteiger partial charge in [0.2, 0.25) is 6.54 Å². The SMILES string of the molecule is COC(=O)[C@](C/C=C/c1ccc(Br)cc1)([C@H](C[N+](=O)[O-])c1ccccc1)[N+](=O)[O-]. The summed E-state index contributed by atoms with van der Waals surface area (Å²) in [6, 6.07) is 15.2. The zero-order chi connectivity index (χ0) is 21.4. The van der Waals surface area contributed by atoms with Gasteiger partial charge in [0.05, 0.1) is 7.11 Å². The van der Waals surface area contributed by atoms with E-state index < -0.39 is 33.8 Å². The Kier molecular flexibility index (Phi) is 7.60. The van der Waals surface area contributed by atoms with Crippen LogP contribution in [-0.4, -0.2) is 35.0 Å². The Morgan fingerprint density at radius 1 is 1.14 bits per heavy atom. The largest absolute Gasteiger partial charge is 0.464 e. The summed E-state index contributed by atoms with van der Waals surface area (Å²) in [5, 5.41) is 23.4. The molecule has 0 unspecified atom stereocenters. The molecule has 0 bridgehead atoms. The Morgan fingerprint density at radius 3 is 2.28 bits per heavy atom. The molecule has 0 saturated heterocycles. The molecule has 9 heteroatoms. The third-order valence-corrected chi connectivity index (χ3v) is 5.11. The molecule has 0 aliphatic heterocycles. The van der Waals surface area contributed by atoms with Crippen LogP contribution in [0, 0.1) is 20.2 Å². The molecule has 0 spiro atoms. The summed E-state index contributed by atoms with van der Waals surface area (Å²) in [4.78, 5) is 34.7. The lowest BCUT2D eigenvalue weighted by molar-refractivity contribution is -0.574. The van der Waals surface area contributed by atoms with Crippen molar-refractivity contribution in [1.29, 1.82) is 0 Å². The molecule has 2 aromatic carbocycles. The van der Waals surface area contributed by atoms with E-state index in [0.29, 0.717) is 5.56 Å². The van der Waals surface area contributed by atoms with E-state index in [1.807, 2.05) is 0 Å². The summed E-state index contributed by atoms with van der Waals surface area (Å²) in [5.41, 5.74) is -1.25. The normalized spacial score (nSPS) is 14.1. The average Bonchev–Trinajstić information content (AvgIpc) is 2.71. The van der Waals surface area contributed by atoms with Gasteiger partial charge in [-0.3, -0.25) is 20.2 Å². The number of benzene rings is 2. The van der Waals surface area contributed by atoms with Crippen LogP contribution in [0.5, 0.6) is 0 Å². The van der Waals surface area contributed by atoms with Gasteiger partial charge in [-0.1, -0.05) is 70.5 Å². The number of carbonyl (C=O) groups excluding carboxylic acids is 1. The third kappa shape index (κ3) is 5.26. The second-order valence-electron chi connectivity index (χ2n) is 6.31. The summed E-state index contributed by atoms with van der Waals surface area (Å²) in [7, 11) is 1.03. The van der Waals surface area contributed by atoms with Crippen molar-refractivity contribution in [3.05, 3.63) is 96.5 Å². The van der Waals surface area contributed by atoms with Crippen LogP contribution in [-0.2, 0) is 9.53 Å². The fourth-order valence-electron chi connectivity index (χ4n) is 3.14. The number of hydrogen-bond donors (Lipinski definition) is 0. The minimum atomic E-state index is -2.34. The number of nitrogens with zero attached hydrogens (tertiary/aromatic N) is 2. The molecule has 0 radical (unpaired) electrons. The third-order valence-electron chi connectivity index (χ3n) is 4.58. The molecular formula is C20H19BrN2O6. The zero-order valence-corrected chi connectivity index (χ0v) is 17.2. The zero-order valence-electron chi connectivity index (χ0n) is 15.6. The van der Waals surface area contributed by atoms with Gasteiger partial charge in [0, 0.05) is 20.7 Å². The van der Waals surface area contributed by atoms with E-state index in [9.17, 15) is 25.0 Å². The molecule has 8 nitrogen and oxygen atoms in total. The van der Waals surface area contributed by atoms with Gasteiger partial charge in [-0.15, -0.1) is 0 Å². The molecule has 0 heterocycles. The van der Waals surface area contributed by atoms with Crippen molar-refractivity contribution in [2.75, 3.05) is 13.7 Å². The first kappa shape index (κ1) is 22.2. The molecule has 0 fully saturated rings. The number of hydrogen-bond acceptors (Lipinski definition) is 6. The van der Waals surface area contributed by atoms with E-state index in [1.54, 1.807) is 48.5 Å². The smallest absolute Gasteiger partial charge is 0.385 e. The molecule has 0 N–H and O–H groups in total. The Morgan fingerprint density at radius 2 is 1.76 bits per heavy atom. The number of ether oxygens (including phenoxy) is 1.